The number of ether oxygens (including phenoxy) is 1. The molecule has 3 rings (SSSR count). The Morgan fingerprint density at radius 2 is 1.88 bits per heavy atom. The minimum Gasteiger partial charge on any atom is -0.483 e. The predicted molar refractivity (Wildman–Crippen MR) is 108 cm³/mol. The van der Waals surface area contributed by atoms with Crippen molar-refractivity contribution >= 4 is 40.6 Å². The fraction of sp³-hybridized carbons (Fsp3) is 0.105. The Hall–Kier alpha value is -3.18. The summed E-state index contributed by atoms with van der Waals surface area (Å²) in [5.74, 6) is -4.15. The van der Waals surface area contributed by atoms with Gasteiger partial charge in [0, 0.05) is 5.56 Å². The molecule has 6 nitrogen and oxygen atoms in total. The highest BCUT2D eigenvalue weighted by molar-refractivity contribution is 6.34. The Balaban J connectivity index is 2.08. The van der Waals surface area contributed by atoms with Crippen LogP contribution in [0.25, 0.3) is 11.3 Å². The number of para-hydroxylation sites is 1. The summed E-state index contributed by atoms with van der Waals surface area (Å²) in [6.07, 6.45) is -3.72. The van der Waals surface area contributed by atoms with Gasteiger partial charge in [-0.05, 0) is 24.3 Å². The van der Waals surface area contributed by atoms with Gasteiger partial charge in [0.1, 0.15) is 28.2 Å². The van der Waals surface area contributed by atoms with Gasteiger partial charge in [-0.25, -0.2) is 18.7 Å². The van der Waals surface area contributed by atoms with Crippen LogP contribution in [0.15, 0.2) is 36.5 Å². The van der Waals surface area contributed by atoms with Gasteiger partial charge in [-0.15, -0.1) is 0 Å². The van der Waals surface area contributed by atoms with E-state index in [-0.39, 0.29) is 21.7 Å². The Bertz CT molecular complexity index is 1170. The van der Waals surface area contributed by atoms with E-state index in [4.69, 9.17) is 33.7 Å². The van der Waals surface area contributed by atoms with E-state index >= 15 is 0 Å². The Kier molecular flexibility index (Phi) is 6.70. The smallest absolute Gasteiger partial charge is 0.422 e. The third-order valence-electron chi connectivity index (χ3n) is 3.93. The molecular weight excluding hydrogens is 482 g/mol. The van der Waals surface area contributed by atoms with Crippen molar-refractivity contribution in [2.45, 2.75) is 6.18 Å². The van der Waals surface area contributed by atoms with Gasteiger partial charge >= 0.3 is 6.18 Å². The molecule has 0 spiro atoms. The number of nitrogen functional groups attached to an aromatic ring is 1. The van der Waals surface area contributed by atoms with Crippen LogP contribution in [0.3, 0.4) is 0 Å². The summed E-state index contributed by atoms with van der Waals surface area (Å²) >= 11 is 11.5. The topological polar surface area (TPSA) is 90.1 Å². The molecule has 0 fully saturated rings. The molecule has 0 aliphatic carbocycles. The first kappa shape index (κ1) is 23.5. The second-order valence-electron chi connectivity index (χ2n) is 6.21. The molecule has 0 saturated carbocycles. The monoisotopic (exact) mass is 492 g/mol. The number of carbonyl (C=O) groups is 1. The van der Waals surface area contributed by atoms with Crippen molar-refractivity contribution in [2.75, 3.05) is 17.7 Å². The molecule has 0 aliphatic rings. The zero-order valence-corrected chi connectivity index (χ0v) is 17.1. The highest BCUT2D eigenvalue weighted by Gasteiger charge is 2.30. The van der Waals surface area contributed by atoms with Crippen molar-refractivity contribution in [1.29, 1.82) is 0 Å². The first-order valence-electron chi connectivity index (χ1n) is 8.53. The lowest BCUT2D eigenvalue weighted by molar-refractivity contribution is -0.153. The maximum atomic E-state index is 14.8. The largest absolute Gasteiger partial charge is 0.483 e. The van der Waals surface area contributed by atoms with E-state index in [1.807, 2.05) is 0 Å². The van der Waals surface area contributed by atoms with E-state index in [9.17, 15) is 26.7 Å². The van der Waals surface area contributed by atoms with Crippen LogP contribution in [-0.4, -0.2) is 28.7 Å². The van der Waals surface area contributed by atoms with Crippen LogP contribution in [0.2, 0.25) is 10.2 Å². The Labute approximate surface area is 187 Å². The molecule has 168 valence electrons. The van der Waals surface area contributed by atoms with Crippen LogP contribution in [-0.2, 0) is 0 Å². The van der Waals surface area contributed by atoms with Crippen molar-refractivity contribution in [1.82, 2.24) is 9.97 Å². The highest BCUT2D eigenvalue weighted by Crippen LogP contribution is 2.34. The van der Waals surface area contributed by atoms with Crippen LogP contribution in [0.1, 0.15) is 10.4 Å². The maximum absolute atomic E-state index is 14.8. The normalized spacial score (nSPS) is 11.3. The van der Waals surface area contributed by atoms with E-state index in [0.29, 0.717) is 6.07 Å². The minimum absolute atomic E-state index is 0.0991. The number of benzene rings is 2. The molecule has 0 atom stereocenters. The Morgan fingerprint density at radius 3 is 2.50 bits per heavy atom. The lowest BCUT2D eigenvalue weighted by Gasteiger charge is -2.16. The van der Waals surface area contributed by atoms with Crippen molar-refractivity contribution in [2.24, 2.45) is 0 Å². The number of nitrogens with zero attached hydrogens (tertiary/aromatic N) is 2. The SMILES string of the molecule is Nc1nc(Cl)cnc1-c1cc(OCC(F)(F)F)c(C(=O)Nc2c(F)cccc2Cl)cc1F. The van der Waals surface area contributed by atoms with Gasteiger partial charge in [-0.3, -0.25) is 4.79 Å². The van der Waals surface area contributed by atoms with Crippen LogP contribution >= 0.6 is 23.2 Å². The maximum Gasteiger partial charge on any atom is 0.422 e. The van der Waals surface area contributed by atoms with Crippen LogP contribution < -0.4 is 15.8 Å². The second kappa shape index (κ2) is 9.13. The zero-order chi connectivity index (χ0) is 23.6. The average molecular weight is 493 g/mol. The predicted octanol–water partition coefficient (Wildman–Crippen LogP) is 5.50. The first-order valence-corrected chi connectivity index (χ1v) is 9.28. The van der Waals surface area contributed by atoms with Crippen LogP contribution in [0.4, 0.5) is 33.5 Å². The molecule has 32 heavy (non-hydrogen) atoms. The second-order valence-corrected chi connectivity index (χ2v) is 7.00. The Morgan fingerprint density at radius 1 is 1.16 bits per heavy atom. The fourth-order valence-electron chi connectivity index (χ4n) is 2.58. The van der Waals surface area contributed by atoms with Crippen molar-refractivity contribution in [3.05, 3.63) is 63.9 Å². The number of rotatable bonds is 5. The van der Waals surface area contributed by atoms with E-state index in [0.717, 1.165) is 18.3 Å². The third kappa shape index (κ3) is 5.35. The molecule has 3 aromatic rings. The van der Waals surface area contributed by atoms with E-state index < -0.39 is 52.9 Å². The summed E-state index contributed by atoms with van der Waals surface area (Å²) in [5.41, 5.74) is 3.92. The van der Waals surface area contributed by atoms with E-state index in [2.05, 4.69) is 15.3 Å². The molecule has 1 heterocycles. The summed E-state index contributed by atoms with van der Waals surface area (Å²) in [5, 5.41) is 1.81. The van der Waals surface area contributed by atoms with Gasteiger partial charge in [0.25, 0.3) is 5.91 Å². The van der Waals surface area contributed by atoms with Crippen molar-refractivity contribution in [3.8, 4) is 17.0 Å². The molecule has 13 heteroatoms. The quantitative estimate of drug-likeness (QED) is 0.458. The van der Waals surface area contributed by atoms with E-state index in [1.54, 1.807) is 0 Å². The number of aromatic nitrogens is 2. The number of hydrogen-bond donors (Lipinski definition) is 2. The summed E-state index contributed by atoms with van der Waals surface area (Å²) in [6.45, 7) is -1.79. The average Bonchev–Trinajstić information content (AvgIpc) is 2.69. The van der Waals surface area contributed by atoms with Gasteiger partial charge < -0.3 is 15.8 Å². The number of hydrogen-bond acceptors (Lipinski definition) is 5. The molecule has 0 bridgehead atoms. The molecule has 0 aliphatic heterocycles. The minimum atomic E-state index is -4.77. The number of nitrogens with one attached hydrogen (secondary N) is 1. The number of carbonyl (C=O) groups excluding carboxylic acids is 1. The van der Waals surface area contributed by atoms with Crippen LogP contribution in [0, 0.1) is 11.6 Å². The lowest BCUT2D eigenvalue weighted by atomic mass is 10.1. The van der Waals surface area contributed by atoms with Gasteiger partial charge in [0.05, 0.1) is 22.5 Å². The molecule has 2 aromatic carbocycles. The van der Waals surface area contributed by atoms with Crippen molar-refractivity contribution < 1.29 is 31.5 Å². The molecule has 0 saturated heterocycles. The molecular formula is C19H11Cl2F5N4O2. The molecule has 0 unspecified atom stereocenters. The number of amides is 1. The third-order valence-corrected chi connectivity index (χ3v) is 4.43. The first-order chi connectivity index (χ1) is 15.0. The summed E-state index contributed by atoms with van der Waals surface area (Å²) in [6, 6.07) is 4.94. The zero-order valence-electron chi connectivity index (χ0n) is 15.6. The molecule has 1 amide bonds. The van der Waals surface area contributed by atoms with Gasteiger partial charge in [0.2, 0.25) is 0 Å². The summed E-state index contributed by atoms with van der Waals surface area (Å²) in [7, 11) is 0. The number of anilines is 2. The highest BCUT2D eigenvalue weighted by atomic mass is 35.5. The summed E-state index contributed by atoms with van der Waals surface area (Å²) < 4.78 is 71.6. The van der Waals surface area contributed by atoms with Crippen molar-refractivity contribution in [3.63, 3.8) is 0 Å². The number of alkyl halides is 3. The summed E-state index contributed by atoms with van der Waals surface area (Å²) in [4.78, 5) is 20.2. The molecule has 3 N–H and O–H groups in total. The van der Waals surface area contributed by atoms with Gasteiger partial charge in [0.15, 0.2) is 12.4 Å². The lowest BCUT2D eigenvalue weighted by Crippen LogP contribution is -2.22. The molecule has 1 aromatic heterocycles. The van der Waals surface area contributed by atoms with Gasteiger partial charge in [-0.2, -0.15) is 13.2 Å². The van der Waals surface area contributed by atoms with Crippen LogP contribution in [0.5, 0.6) is 5.75 Å². The number of halogens is 7. The molecule has 0 radical (unpaired) electrons. The van der Waals surface area contributed by atoms with E-state index in [1.165, 1.54) is 12.1 Å². The fourth-order valence-corrected chi connectivity index (χ4v) is 2.93. The van der Waals surface area contributed by atoms with Gasteiger partial charge in [-0.1, -0.05) is 29.3 Å². The standard InChI is InChI=1S/C19H11Cl2F5N4O2/c20-10-2-1-3-11(22)16(10)30-18(31)9-4-12(23)8(5-13(9)32-7-19(24,25)26)15-17(27)29-14(21)6-28-15/h1-6H,7H2,(H2,27,29)(H,30,31). The number of nitrogens with two attached hydrogens (primary N) is 1.